The molecule has 6 heteroatoms. The molecule has 2 aromatic heterocycles. The van der Waals surface area contributed by atoms with Crippen molar-refractivity contribution in [2.75, 3.05) is 13.2 Å². The molecule has 2 fully saturated rings. The summed E-state index contributed by atoms with van der Waals surface area (Å²) in [6.45, 7) is 5.52. The number of carbonyl (C=O) groups excluding carboxylic acids is 1. The summed E-state index contributed by atoms with van der Waals surface area (Å²) in [6, 6.07) is 2.17. The van der Waals surface area contributed by atoms with E-state index in [0.29, 0.717) is 18.0 Å². The van der Waals surface area contributed by atoms with Crippen LogP contribution in [0.5, 0.6) is 0 Å². The Morgan fingerprint density at radius 1 is 1.42 bits per heavy atom. The minimum absolute atomic E-state index is 0.0527. The Bertz CT molecular complexity index is 758. The number of ether oxygens (including phenoxy) is 1. The van der Waals surface area contributed by atoms with Gasteiger partial charge in [-0.1, -0.05) is 0 Å². The number of nitrogens with zero attached hydrogens (tertiary/aromatic N) is 3. The zero-order valence-corrected chi connectivity index (χ0v) is 14.3. The molecule has 24 heavy (non-hydrogen) atoms. The van der Waals surface area contributed by atoms with Crippen LogP contribution in [0.3, 0.4) is 0 Å². The second-order valence-corrected chi connectivity index (χ2v) is 7.13. The average molecular weight is 328 g/mol. The van der Waals surface area contributed by atoms with Gasteiger partial charge in [0.15, 0.2) is 5.65 Å². The molecule has 1 N–H and O–H groups in total. The lowest BCUT2D eigenvalue weighted by atomic mass is 10.1. The van der Waals surface area contributed by atoms with Crippen LogP contribution in [0.2, 0.25) is 0 Å². The van der Waals surface area contributed by atoms with Crippen molar-refractivity contribution in [1.82, 2.24) is 20.1 Å². The standard InChI is InChI=1S/C18H24N4O2/c1-11(2)22-17-15(10-20-22)14(8-16(21-17)12-5-6-12)18(23)19-9-13-4-3-7-24-13/h8,10-13H,3-7,9H2,1-2H3,(H,19,23)/t13-/m1/s1. The van der Waals surface area contributed by atoms with Crippen molar-refractivity contribution in [2.24, 2.45) is 0 Å². The number of rotatable bonds is 5. The summed E-state index contributed by atoms with van der Waals surface area (Å²) in [4.78, 5) is 17.6. The summed E-state index contributed by atoms with van der Waals surface area (Å²) in [5.74, 6) is 0.442. The quantitative estimate of drug-likeness (QED) is 0.916. The average Bonchev–Trinajstić information content (AvgIpc) is 3.12. The van der Waals surface area contributed by atoms with E-state index in [-0.39, 0.29) is 18.1 Å². The van der Waals surface area contributed by atoms with Gasteiger partial charge in [-0.3, -0.25) is 4.79 Å². The topological polar surface area (TPSA) is 69.0 Å². The van der Waals surface area contributed by atoms with Crippen LogP contribution in [-0.4, -0.2) is 39.9 Å². The third-order valence-corrected chi connectivity index (χ3v) is 4.83. The fourth-order valence-corrected chi connectivity index (χ4v) is 3.30. The molecule has 0 aromatic carbocycles. The van der Waals surface area contributed by atoms with Crippen LogP contribution in [-0.2, 0) is 4.74 Å². The Morgan fingerprint density at radius 3 is 2.92 bits per heavy atom. The van der Waals surface area contributed by atoms with E-state index in [1.54, 1.807) is 6.20 Å². The molecular formula is C18H24N4O2. The molecule has 128 valence electrons. The van der Waals surface area contributed by atoms with Gasteiger partial charge in [-0.05, 0) is 45.6 Å². The molecule has 0 bridgehead atoms. The van der Waals surface area contributed by atoms with Crippen molar-refractivity contribution in [3.8, 4) is 0 Å². The zero-order chi connectivity index (χ0) is 16.7. The maximum absolute atomic E-state index is 12.8. The Hall–Kier alpha value is -1.95. The van der Waals surface area contributed by atoms with E-state index in [1.165, 1.54) is 0 Å². The number of nitrogens with one attached hydrogen (secondary N) is 1. The van der Waals surface area contributed by atoms with Gasteiger partial charge in [-0.2, -0.15) is 5.10 Å². The molecule has 3 heterocycles. The lowest BCUT2D eigenvalue weighted by molar-refractivity contribution is 0.0859. The Labute approximate surface area is 141 Å². The first-order valence-corrected chi connectivity index (χ1v) is 8.91. The Balaban J connectivity index is 1.66. The molecule has 1 aliphatic carbocycles. The third kappa shape index (κ3) is 2.90. The van der Waals surface area contributed by atoms with Gasteiger partial charge < -0.3 is 10.1 Å². The van der Waals surface area contributed by atoms with Gasteiger partial charge in [0.25, 0.3) is 5.91 Å². The van der Waals surface area contributed by atoms with Crippen molar-refractivity contribution < 1.29 is 9.53 Å². The summed E-state index contributed by atoms with van der Waals surface area (Å²) in [5.41, 5.74) is 2.52. The van der Waals surface area contributed by atoms with Gasteiger partial charge >= 0.3 is 0 Å². The highest BCUT2D eigenvalue weighted by molar-refractivity contribution is 6.05. The molecule has 1 atom stereocenters. The monoisotopic (exact) mass is 328 g/mol. The van der Waals surface area contributed by atoms with E-state index >= 15 is 0 Å². The summed E-state index contributed by atoms with van der Waals surface area (Å²) in [5, 5.41) is 8.31. The summed E-state index contributed by atoms with van der Waals surface area (Å²) < 4.78 is 7.49. The van der Waals surface area contributed by atoms with E-state index in [4.69, 9.17) is 9.72 Å². The molecule has 1 amide bonds. The van der Waals surface area contributed by atoms with Crippen molar-refractivity contribution in [2.45, 2.75) is 57.6 Å². The molecule has 2 aliphatic rings. The lowest BCUT2D eigenvalue weighted by Gasteiger charge is -2.13. The van der Waals surface area contributed by atoms with Crippen LogP contribution in [0.4, 0.5) is 0 Å². The summed E-state index contributed by atoms with van der Waals surface area (Å²) in [7, 11) is 0. The minimum Gasteiger partial charge on any atom is -0.376 e. The number of aromatic nitrogens is 3. The number of carbonyl (C=O) groups is 1. The van der Waals surface area contributed by atoms with Crippen molar-refractivity contribution in [3.63, 3.8) is 0 Å². The van der Waals surface area contributed by atoms with Crippen molar-refractivity contribution in [1.29, 1.82) is 0 Å². The van der Waals surface area contributed by atoms with Gasteiger partial charge in [0.2, 0.25) is 0 Å². The van der Waals surface area contributed by atoms with E-state index in [9.17, 15) is 4.79 Å². The number of fused-ring (bicyclic) bond motifs is 1. The molecule has 4 rings (SSSR count). The van der Waals surface area contributed by atoms with Crippen LogP contribution < -0.4 is 5.32 Å². The first-order valence-electron chi connectivity index (χ1n) is 8.91. The predicted octanol–water partition coefficient (Wildman–Crippen LogP) is 2.80. The molecule has 1 aliphatic heterocycles. The van der Waals surface area contributed by atoms with E-state index < -0.39 is 0 Å². The number of hydrogen-bond acceptors (Lipinski definition) is 4. The molecule has 0 unspecified atom stereocenters. The van der Waals surface area contributed by atoms with Gasteiger partial charge in [0.1, 0.15) is 0 Å². The van der Waals surface area contributed by atoms with Gasteiger partial charge in [0.05, 0.1) is 23.3 Å². The summed E-state index contributed by atoms with van der Waals surface area (Å²) in [6.07, 6.45) is 6.32. The Morgan fingerprint density at radius 2 is 2.25 bits per heavy atom. The molecule has 0 spiro atoms. The molecule has 0 radical (unpaired) electrons. The first-order chi connectivity index (χ1) is 11.6. The molecule has 2 aromatic rings. The van der Waals surface area contributed by atoms with Crippen LogP contribution >= 0.6 is 0 Å². The summed E-state index contributed by atoms with van der Waals surface area (Å²) >= 11 is 0. The minimum atomic E-state index is -0.0527. The van der Waals surface area contributed by atoms with Gasteiger partial charge in [0, 0.05) is 30.8 Å². The highest BCUT2D eigenvalue weighted by atomic mass is 16.5. The van der Waals surface area contributed by atoms with Crippen LogP contribution in [0, 0.1) is 0 Å². The highest BCUT2D eigenvalue weighted by Crippen LogP contribution is 2.40. The molecule has 1 saturated carbocycles. The largest absolute Gasteiger partial charge is 0.376 e. The fourth-order valence-electron chi connectivity index (χ4n) is 3.30. The zero-order valence-electron chi connectivity index (χ0n) is 14.3. The van der Waals surface area contributed by atoms with Crippen molar-refractivity contribution in [3.05, 3.63) is 23.5 Å². The van der Waals surface area contributed by atoms with Gasteiger partial charge in [-0.25, -0.2) is 9.67 Å². The fraction of sp³-hybridized carbons (Fsp3) is 0.611. The number of amides is 1. The SMILES string of the molecule is CC(C)n1ncc2c(C(=O)NC[C@H]3CCCO3)cc(C3CC3)nc21. The maximum atomic E-state index is 12.8. The van der Waals surface area contributed by atoms with Crippen LogP contribution in [0.1, 0.15) is 67.5 Å². The first kappa shape index (κ1) is 15.6. The second-order valence-electron chi connectivity index (χ2n) is 7.13. The van der Waals surface area contributed by atoms with Crippen LogP contribution in [0.25, 0.3) is 11.0 Å². The molecule has 6 nitrogen and oxygen atoms in total. The molecular weight excluding hydrogens is 304 g/mol. The smallest absolute Gasteiger partial charge is 0.252 e. The number of hydrogen-bond donors (Lipinski definition) is 1. The van der Waals surface area contributed by atoms with E-state index in [2.05, 4.69) is 24.3 Å². The predicted molar refractivity (Wildman–Crippen MR) is 91.2 cm³/mol. The van der Waals surface area contributed by atoms with Gasteiger partial charge in [-0.15, -0.1) is 0 Å². The molecule has 1 saturated heterocycles. The number of pyridine rings is 1. The third-order valence-electron chi connectivity index (χ3n) is 4.83. The lowest BCUT2D eigenvalue weighted by Crippen LogP contribution is -2.32. The van der Waals surface area contributed by atoms with E-state index in [0.717, 1.165) is 49.0 Å². The van der Waals surface area contributed by atoms with Crippen molar-refractivity contribution >= 4 is 16.9 Å². The maximum Gasteiger partial charge on any atom is 0.252 e. The normalized spacial score (nSPS) is 20.9. The van der Waals surface area contributed by atoms with Crippen LogP contribution in [0.15, 0.2) is 12.3 Å². The Kier molecular flexibility index (Phi) is 4.00. The second kappa shape index (κ2) is 6.16. The highest BCUT2D eigenvalue weighted by Gasteiger charge is 2.28. The van der Waals surface area contributed by atoms with E-state index in [1.807, 2.05) is 10.7 Å².